The van der Waals surface area contributed by atoms with E-state index in [1.54, 1.807) is 0 Å². The first-order valence-electron chi connectivity index (χ1n) is 4.65. The number of rotatable bonds is 0. The van der Waals surface area contributed by atoms with Gasteiger partial charge in [-0.3, -0.25) is 4.79 Å². The van der Waals surface area contributed by atoms with Crippen molar-refractivity contribution in [1.82, 2.24) is 0 Å². The zero-order valence-corrected chi connectivity index (χ0v) is 11.3. The smallest absolute Gasteiger partial charge is 0.156 e. The molecule has 0 aromatic carbocycles. The molecule has 0 spiro atoms. The van der Waals surface area contributed by atoms with Crippen LogP contribution in [0.3, 0.4) is 0 Å². The average Bonchev–Trinajstić information content (AvgIpc) is 2.34. The van der Waals surface area contributed by atoms with Crippen molar-refractivity contribution in [3.8, 4) is 0 Å². The second-order valence-corrected chi connectivity index (χ2v) is 7.43. The summed E-state index contributed by atoms with van der Waals surface area (Å²) in [5.41, 5.74) is -0.0729. The summed E-state index contributed by atoms with van der Waals surface area (Å²) in [6.45, 7) is 6.37. The molecule has 13 heavy (non-hydrogen) atoms. The number of ketones is 1. The minimum absolute atomic E-state index is 0.119. The van der Waals surface area contributed by atoms with Crippen LogP contribution in [-0.4, -0.2) is 14.9 Å². The first-order chi connectivity index (χ1) is 5.77. The van der Waals surface area contributed by atoms with Gasteiger partial charge in [-0.1, -0.05) is 52.6 Å². The fraction of sp³-hybridized carbons (Fsp3) is 0.900. The van der Waals surface area contributed by atoms with Gasteiger partial charge in [0.25, 0.3) is 0 Å². The SMILES string of the molecule is CC1(C)C(=O)[C@]2(Br)CC[C@]1(C)[C@H]2Br. The number of carbonyl (C=O) groups excluding carboxylic acids is 1. The van der Waals surface area contributed by atoms with Crippen LogP contribution in [0.4, 0.5) is 0 Å². The molecular weight excluding hydrogens is 296 g/mol. The maximum atomic E-state index is 12.1. The number of halogens is 2. The number of fused-ring (bicyclic) bond motifs is 2. The van der Waals surface area contributed by atoms with Crippen LogP contribution in [0.5, 0.6) is 0 Å². The predicted molar refractivity (Wildman–Crippen MR) is 60.5 cm³/mol. The molecule has 0 saturated heterocycles. The van der Waals surface area contributed by atoms with Crippen LogP contribution in [0.25, 0.3) is 0 Å². The van der Waals surface area contributed by atoms with E-state index in [0.29, 0.717) is 5.78 Å². The fourth-order valence-electron chi connectivity index (χ4n) is 2.84. The number of hydrogen-bond acceptors (Lipinski definition) is 1. The minimum atomic E-state index is -0.286. The van der Waals surface area contributed by atoms with Gasteiger partial charge in [0, 0.05) is 10.2 Å². The normalized spacial score (nSPS) is 53.0. The molecule has 0 amide bonds. The number of Topliss-reactive ketones (excluding diaryl/α,β-unsaturated/α-hetero) is 1. The Hall–Kier alpha value is 0.630. The van der Waals surface area contributed by atoms with Crippen LogP contribution in [0, 0.1) is 10.8 Å². The van der Waals surface area contributed by atoms with Crippen LogP contribution in [0.15, 0.2) is 0 Å². The summed E-state index contributed by atoms with van der Waals surface area (Å²) >= 11 is 7.32. The van der Waals surface area contributed by atoms with Crippen molar-refractivity contribution in [2.45, 2.75) is 42.8 Å². The van der Waals surface area contributed by atoms with Gasteiger partial charge in [0.05, 0.1) is 4.32 Å². The molecule has 0 radical (unpaired) electrons. The Kier molecular flexibility index (Phi) is 1.88. The number of alkyl halides is 2. The van der Waals surface area contributed by atoms with Gasteiger partial charge in [-0.25, -0.2) is 0 Å². The van der Waals surface area contributed by atoms with Gasteiger partial charge in [0.1, 0.15) is 0 Å². The van der Waals surface area contributed by atoms with E-state index < -0.39 is 0 Å². The van der Waals surface area contributed by atoms with Gasteiger partial charge in [0.15, 0.2) is 5.78 Å². The Morgan fingerprint density at radius 1 is 1.31 bits per heavy atom. The van der Waals surface area contributed by atoms with Crippen molar-refractivity contribution in [3.63, 3.8) is 0 Å². The van der Waals surface area contributed by atoms with Gasteiger partial charge in [-0.2, -0.15) is 0 Å². The largest absolute Gasteiger partial charge is 0.297 e. The highest BCUT2D eigenvalue weighted by Gasteiger charge is 2.72. The second-order valence-electron chi connectivity index (χ2n) is 5.10. The van der Waals surface area contributed by atoms with E-state index in [0.717, 1.165) is 12.8 Å². The molecule has 2 rings (SSSR count). The highest BCUT2D eigenvalue weighted by atomic mass is 79.9. The first-order valence-corrected chi connectivity index (χ1v) is 6.35. The van der Waals surface area contributed by atoms with Crippen molar-refractivity contribution in [1.29, 1.82) is 0 Å². The summed E-state index contributed by atoms with van der Waals surface area (Å²) in [6.07, 6.45) is 2.11. The lowest BCUT2D eigenvalue weighted by Gasteiger charge is -2.38. The van der Waals surface area contributed by atoms with Crippen LogP contribution in [0.2, 0.25) is 0 Å². The third kappa shape index (κ3) is 0.865. The second kappa shape index (κ2) is 2.41. The van der Waals surface area contributed by atoms with E-state index in [1.807, 2.05) is 0 Å². The highest BCUT2D eigenvalue weighted by molar-refractivity contribution is 9.13. The molecule has 0 aromatic rings. The fourth-order valence-corrected chi connectivity index (χ4v) is 5.27. The molecule has 2 fully saturated rings. The summed E-state index contributed by atoms with van der Waals surface area (Å²) in [6, 6.07) is 0. The Labute approximate surface area is 95.9 Å². The molecule has 74 valence electrons. The number of carbonyl (C=O) groups is 1. The van der Waals surface area contributed by atoms with Crippen molar-refractivity contribution in [2.24, 2.45) is 10.8 Å². The molecule has 0 aliphatic heterocycles. The Morgan fingerprint density at radius 2 is 1.85 bits per heavy atom. The molecule has 3 heteroatoms. The molecule has 0 unspecified atom stereocenters. The van der Waals surface area contributed by atoms with Crippen molar-refractivity contribution in [3.05, 3.63) is 0 Å². The lowest BCUT2D eigenvalue weighted by Crippen LogP contribution is -2.41. The van der Waals surface area contributed by atoms with Crippen molar-refractivity contribution >= 4 is 37.6 Å². The van der Waals surface area contributed by atoms with E-state index in [-0.39, 0.29) is 20.0 Å². The molecule has 0 aromatic heterocycles. The van der Waals surface area contributed by atoms with E-state index in [1.165, 1.54) is 0 Å². The molecule has 0 N–H and O–H groups in total. The third-order valence-corrected chi connectivity index (χ3v) is 7.96. The molecule has 2 aliphatic carbocycles. The van der Waals surface area contributed by atoms with Crippen LogP contribution in [-0.2, 0) is 4.79 Å². The van der Waals surface area contributed by atoms with Crippen LogP contribution in [0.1, 0.15) is 33.6 Å². The lowest BCUT2D eigenvalue weighted by molar-refractivity contribution is -0.131. The summed E-state index contributed by atoms with van der Waals surface area (Å²) in [7, 11) is 0. The Bertz CT molecular complexity index is 280. The summed E-state index contributed by atoms with van der Waals surface area (Å²) in [4.78, 5) is 12.4. The van der Waals surface area contributed by atoms with Crippen LogP contribution < -0.4 is 0 Å². The monoisotopic (exact) mass is 308 g/mol. The Balaban J connectivity index is 2.59. The Morgan fingerprint density at radius 3 is 2.08 bits per heavy atom. The molecular formula is C10H14Br2O. The van der Waals surface area contributed by atoms with E-state index in [4.69, 9.17) is 0 Å². The average molecular weight is 310 g/mol. The predicted octanol–water partition coefficient (Wildman–Crippen LogP) is 3.29. The summed E-state index contributed by atoms with van der Waals surface area (Å²) in [5, 5.41) is 0. The molecule has 2 bridgehead atoms. The van der Waals surface area contributed by atoms with Gasteiger partial charge < -0.3 is 0 Å². The van der Waals surface area contributed by atoms with E-state index in [2.05, 4.69) is 52.6 Å². The van der Waals surface area contributed by atoms with E-state index >= 15 is 0 Å². The maximum absolute atomic E-state index is 12.1. The van der Waals surface area contributed by atoms with Gasteiger partial charge in [-0.05, 0) is 18.3 Å². The quantitative estimate of drug-likeness (QED) is 0.628. The number of hydrogen-bond donors (Lipinski definition) is 0. The summed E-state index contributed by atoms with van der Waals surface area (Å²) < 4.78 is -0.286. The zero-order valence-electron chi connectivity index (χ0n) is 8.16. The maximum Gasteiger partial charge on any atom is 0.156 e. The lowest BCUT2D eigenvalue weighted by atomic mass is 9.66. The molecule has 2 saturated carbocycles. The van der Waals surface area contributed by atoms with Gasteiger partial charge in [0.2, 0.25) is 0 Å². The topological polar surface area (TPSA) is 17.1 Å². The standard InChI is InChI=1S/C10H14Br2O/c1-8(2)7(13)10(12)5-4-9(8,3)6(10)11/h6H,4-5H2,1-3H3/t6-,9-,10+/m1/s1. The molecule has 0 heterocycles. The minimum Gasteiger partial charge on any atom is -0.297 e. The summed E-state index contributed by atoms with van der Waals surface area (Å²) in [5.74, 6) is 0.371. The van der Waals surface area contributed by atoms with Crippen molar-refractivity contribution < 1.29 is 4.79 Å². The van der Waals surface area contributed by atoms with Gasteiger partial charge in [-0.15, -0.1) is 0 Å². The molecule has 1 nitrogen and oxygen atoms in total. The molecule has 2 aliphatic rings. The zero-order chi connectivity index (χ0) is 10.1. The van der Waals surface area contributed by atoms with Crippen molar-refractivity contribution in [2.75, 3.05) is 0 Å². The third-order valence-electron chi connectivity index (χ3n) is 4.34. The van der Waals surface area contributed by atoms with Gasteiger partial charge >= 0.3 is 0 Å². The van der Waals surface area contributed by atoms with E-state index in [9.17, 15) is 4.79 Å². The molecule has 3 atom stereocenters. The highest BCUT2D eigenvalue weighted by Crippen LogP contribution is 2.68. The first kappa shape index (κ1) is 10.2. The van der Waals surface area contributed by atoms with Crippen LogP contribution >= 0.6 is 31.9 Å².